The third-order valence-corrected chi connectivity index (χ3v) is 10.2. The quantitative estimate of drug-likeness (QED) is 0.198. The van der Waals surface area contributed by atoms with E-state index < -0.39 is 31.6 Å². The highest BCUT2D eigenvalue weighted by Crippen LogP contribution is 2.41. The van der Waals surface area contributed by atoms with E-state index in [-0.39, 0.29) is 41.4 Å². The van der Waals surface area contributed by atoms with E-state index in [1.807, 2.05) is 36.4 Å². The van der Waals surface area contributed by atoms with Crippen molar-refractivity contribution in [2.24, 2.45) is 7.05 Å². The lowest BCUT2D eigenvalue weighted by atomic mass is 10.0. The van der Waals surface area contributed by atoms with Crippen LogP contribution in [0.4, 0.5) is 5.69 Å². The zero-order chi connectivity index (χ0) is 32.5. The highest BCUT2D eigenvalue weighted by molar-refractivity contribution is 8.09. The maximum absolute atomic E-state index is 13.7. The number of rotatable bonds is 10. The fraction of sp³-hybridized carbons (Fsp3) is 0.188. The monoisotopic (exact) mass is 649 g/mol. The van der Waals surface area contributed by atoms with E-state index in [2.05, 4.69) is 0 Å². The third kappa shape index (κ3) is 6.49. The average Bonchev–Trinajstić information content (AvgIpc) is 3.35. The van der Waals surface area contributed by atoms with Crippen molar-refractivity contribution in [1.82, 2.24) is 9.13 Å². The number of ether oxygens (including phenoxy) is 2. The van der Waals surface area contributed by atoms with Crippen molar-refractivity contribution in [3.05, 3.63) is 113 Å². The van der Waals surface area contributed by atoms with Crippen LogP contribution in [0.5, 0.6) is 11.5 Å². The van der Waals surface area contributed by atoms with E-state index in [0.717, 1.165) is 18.1 Å². The number of esters is 1. The molecule has 2 heterocycles. The summed E-state index contributed by atoms with van der Waals surface area (Å²) in [6.07, 6.45) is 3.12. The predicted molar refractivity (Wildman–Crippen MR) is 173 cm³/mol. The number of anilines is 1. The van der Waals surface area contributed by atoms with Crippen LogP contribution in [0, 0.1) is 0 Å². The molecule has 0 aliphatic rings. The number of carbonyl (C=O) groups is 1. The summed E-state index contributed by atoms with van der Waals surface area (Å²) < 4.78 is 65.6. The van der Waals surface area contributed by atoms with Crippen molar-refractivity contribution in [3.8, 4) is 22.6 Å². The minimum Gasteiger partial charge on any atom is -0.461 e. The zero-order valence-corrected chi connectivity index (χ0v) is 26.6. The summed E-state index contributed by atoms with van der Waals surface area (Å²) in [6, 6.07) is 23.8. The van der Waals surface area contributed by atoms with E-state index >= 15 is 0 Å². The fourth-order valence-electron chi connectivity index (χ4n) is 5.17. The Labute approximate surface area is 261 Å². The summed E-state index contributed by atoms with van der Waals surface area (Å²) in [5, 5.41) is 0.359. The lowest BCUT2D eigenvalue weighted by molar-refractivity contribution is 0.0515. The average molecular weight is 650 g/mol. The molecule has 0 fully saturated rings. The Balaban J connectivity index is 1.86. The molecule has 5 rings (SSSR count). The first kappa shape index (κ1) is 31.5. The Kier molecular flexibility index (Phi) is 8.59. The molecule has 5 aromatic rings. The fourth-order valence-corrected chi connectivity index (χ4v) is 8.13. The Morgan fingerprint density at radius 3 is 2.07 bits per heavy atom. The van der Waals surface area contributed by atoms with Crippen LogP contribution in [0.1, 0.15) is 23.0 Å². The standard InChI is InChI=1S/C32H31N3O8S2/c1-5-42-32(37)28-19-26-27(21-33(2)31(36)30(26)34(28)20-22-12-8-6-9-13-22)25-18-23(35(44(3,38)39)45(4,40)41)16-17-29(25)43-24-14-10-7-11-15-24/h6-19,21H,5,20H2,1-4H3. The Bertz CT molecular complexity index is 2140. The number of hydrogen-bond donors (Lipinski definition) is 0. The first-order chi connectivity index (χ1) is 21.3. The van der Waals surface area contributed by atoms with Crippen molar-refractivity contribution in [2.75, 3.05) is 22.8 Å². The summed E-state index contributed by atoms with van der Waals surface area (Å²) in [5.74, 6) is 0.0809. The van der Waals surface area contributed by atoms with Gasteiger partial charge in [0.15, 0.2) is 0 Å². The molecule has 3 aromatic carbocycles. The number of benzene rings is 3. The molecule has 0 unspecified atom stereocenters. The van der Waals surface area contributed by atoms with E-state index in [1.54, 1.807) is 48.9 Å². The molecule has 0 spiro atoms. The van der Waals surface area contributed by atoms with Crippen LogP contribution in [-0.2, 0) is 38.4 Å². The van der Waals surface area contributed by atoms with E-state index in [9.17, 15) is 26.4 Å². The van der Waals surface area contributed by atoms with E-state index in [4.69, 9.17) is 9.47 Å². The van der Waals surface area contributed by atoms with Gasteiger partial charge in [0, 0.05) is 36.3 Å². The first-order valence-corrected chi connectivity index (χ1v) is 17.5. The number of fused-ring (bicyclic) bond motifs is 1. The normalized spacial score (nSPS) is 11.8. The van der Waals surface area contributed by atoms with Gasteiger partial charge in [-0.15, -0.1) is 0 Å². The van der Waals surface area contributed by atoms with Gasteiger partial charge < -0.3 is 18.6 Å². The highest BCUT2D eigenvalue weighted by Gasteiger charge is 2.29. The summed E-state index contributed by atoms with van der Waals surface area (Å²) in [6.45, 7) is 1.97. The van der Waals surface area contributed by atoms with Gasteiger partial charge >= 0.3 is 5.97 Å². The van der Waals surface area contributed by atoms with Crippen molar-refractivity contribution < 1.29 is 31.1 Å². The van der Waals surface area contributed by atoms with Gasteiger partial charge in [-0.2, -0.15) is 3.71 Å². The number of hydrogen-bond acceptors (Lipinski definition) is 8. The summed E-state index contributed by atoms with van der Waals surface area (Å²) >= 11 is 0. The largest absolute Gasteiger partial charge is 0.461 e. The summed E-state index contributed by atoms with van der Waals surface area (Å²) in [4.78, 5) is 26.9. The number of pyridine rings is 1. The molecule has 0 amide bonds. The number of nitrogens with zero attached hydrogens (tertiary/aromatic N) is 3. The van der Waals surface area contributed by atoms with Gasteiger partial charge in [-0.3, -0.25) is 4.79 Å². The highest BCUT2D eigenvalue weighted by atomic mass is 32.3. The zero-order valence-electron chi connectivity index (χ0n) is 25.0. The van der Waals surface area contributed by atoms with Crippen LogP contribution in [0.15, 0.2) is 95.9 Å². The number of sulfonamides is 2. The third-order valence-electron chi connectivity index (χ3n) is 6.94. The van der Waals surface area contributed by atoms with Gasteiger partial charge in [-0.25, -0.2) is 21.6 Å². The van der Waals surface area contributed by atoms with Crippen LogP contribution < -0.4 is 14.0 Å². The van der Waals surface area contributed by atoms with Crippen LogP contribution in [0.2, 0.25) is 0 Å². The van der Waals surface area contributed by atoms with Gasteiger partial charge in [0.1, 0.15) is 22.7 Å². The predicted octanol–water partition coefficient (Wildman–Crippen LogP) is 4.75. The lowest BCUT2D eigenvalue weighted by Crippen LogP contribution is -2.35. The van der Waals surface area contributed by atoms with Gasteiger partial charge in [-0.1, -0.05) is 48.5 Å². The molecule has 0 radical (unpaired) electrons. The molecule has 2 aromatic heterocycles. The molecule has 11 nitrogen and oxygen atoms in total. The Morgan fingerprint density at radius 1 is 0.844 bits per heavy atom. The number of aryl methyl sites for hydroxylation is 1. The van der Waals surface area contributed by atoms with Crippen LogP contribution in [0.25, 0.3) is 22.0 Å². The van der Waals surface area contributed by atoms with Crippen molar-refractivity contribution in [3.63, 3.8) is 0 Å². The van der Waals surface area contributed by atoms with Gasteiger partial charge in [0.25, 0.3) is 5.56 Å². The molecule has 0 atom stereocenters. The number of carbonyl (C=O) groups excluding carboxylic acids is 1. The lowest BCUT2D eigenvalue weighted by Gasteiger charge is -2.22. The minimum absolute atomic E-state index is 0.112. The SMILES string of the molecule is CCOC(=O)c1cc2c(-c3cc(N(S(C)(=O)=O)S(C)(=O)=O)ccc3Oc3ccccc3)cn(C)c(=O)c2n1Cc1ccccc1. The van der Waals surface area contributed by atoms with Crippen LogP contribution >= 0.6 is 0 Å². The topological polar surface area (TPSA) is 134 Å². The summed E-state index contributed by atoms with van der Waals surface area (Å²) in [7, 11) is -7.00. The van der Waals surface area contributed by atoms with Crippen LogP contribution in [-0.4, -0.2) is 51.1 Å². The maximum atomic E-state index is 13.7. The Morgan fingerprint density at radius 2 is 1.47 bits per heavy atom. The molecule has 0 aliphatic carbocycles. The smallest absolute Gasteiger partial charge is 0.354 e. The van der Waals surface area contributed by atoms with Gasteiger partial charge in [0.05, 0.1) is 24.8 Å². The molecule has 45 heavy (non-hydrogen) atoms. The second kappa shape index (κ2) is 12.3. The molecule has 0 saturated heterocycles. The second-order valence-corrected chi connectivity index (χ2v) is 14.3. The van der Waals surface area contributed by atoms with Gasteiger partial charge in [0.2, 0.25) is 20.0 Å². The van der Waals surface area contributed by atoms with E-state index in [0.29, 0.717) is 20.4 Å². The molecular weight excluding hydrogens is 618 g/mol. The van der Waals surface area contributed by atoms with Crippen molar-refractivity contribution in [2.45, 2.75) is 13.5 Å². The molecule has 0 saturated carbocycles. The molecule has 13 heteroatoms. The van der Waals surface area contributed by atoms with Crippen LogP contribution in [0.3, 0.4) is 0 Å². The second-order valence-electron chi connectivity index (χ2n) is 10.4. The van der Waals surface area contributed by atoms with E-state index in [1.165, 1.54) is 29.0 Å². The van der Waals surface area contributed by atoms with Gasteiger partial charge in [-0.05, 0) is 48.9 Å². The number of aromatic nitrogens is 2. The molecule has 0 aliphatic heterocycles. The maximum Gasteiger partial charge on any atom is 0.354 e. The molecule has 0 bridgehead atoms. The Hall–Kier alpha value is -4.88. The van der Waals surface area contributed by atoms with Crippen molar-refractivity contribution in [1.29, 1.82) is 0 Å². The molecule has 234 valence electrons. The molecular formula is C32H31N3O8S2. The minimum atomic E-state index is -4.27. The van der Waals surface area contributed by atoms with Crippen molar-refractivity contribution >= 4 is 42.6 Å². The molecule has 0 N–H and O–H groups in total. The number of para-hydroxylation sites is 1. The summed E-state index contributed by atoms with van der Waals surface area (Å²) in [5.41, 5.74) is 1.28. The first-order valence-electron chi connectivity index (χ1n) is 13.8.